The summed E-state index contributed by atoms with van der Waals surface area (Å²) in [4.78, 5) is 0. The van der Waals surface area contributed by atoms with Crippen LogP contribution < -0.4 is 0 Å². The molecule has 3 heteroatoms. The maximum absolute atomic E-state index is 6.59. The van der Waals surface area contributed by atoms with Gasteiger partial charge in [0.15, 0.2) is 0 Å². The lowest BCUT2D eigenvalue weighted by atomic mass is 9.96. The molecule has 0 radical (unpaired) electrons. The number of halogens is 3. The van der Waals surface area contributed by atoms with Crippen LogP contribution in [-0.2, 0) is 0 Å². The van der Waals surface area contributed by atoms with Gasteiger partial charge >= 0.3 is 0 Å². The van der Waals surface area contributed by atoms with E-state index >= 15 is 0 Å². The van der Waals surface area contributed by atoms with Crippen molar-refractivity contribution < 1.29 is 0 Å². The lowest BCUT2D eigenvalue weighted by Crippen LogP contribution is -1.93. The van der Waals surface area contributed by atoms with Crippen LogP contribution in [0.1, 0.15) is 22.6 Å². The van der Waals surface area contributed by atoms with Crippen LogP contribution in [0.5, 0.6) is 0 Å². The van der Waals surface area contributed by atoms with E-state index in [1.165, 1.54) is 0 Å². The van der Waals surface area contributed by atoms with Crippen LogP contribution in [0.2, 0.25) is 0 Å². The molecule has 0 atom stereocenters. The molecular formula is C23H17BrCl2. The van der Waals surface area contributed by atoms with Crippen molar-refractivity contribution in [3.63, 3.8) is 0 Å². The van der Waals surface area contributed by atoms with Crippen molar-refractivity contribution in [1.29, 1.82) is 0 Å². The summed E-state index contributed by atoms with van der Waals surface area (Å²) in [6.45, 7) is 0. The minimum Gasteiger partial charge on any atom is -0.0840 e. The van der Waals surface area contributed by atoms with Gasteiger partial charge in [0.25, 0.3) is 0 Å². The van der Waals surface area contributed by atoms with Gasteiger partial charge in [-0.2, -0.15) is 0 Å². The molecule has 3 aromatic carbocycles. The molecule has 0 nitrogen and oxygen atoms in total. The molecule has 0 unspecified atom stereocenters. The highest BCUT2D eigenvalue weighted by molar-refractivity contribution is 9.10. The average Bonchev–Trinajstić information content (AvgIpc) is 2.69. The highest BCUT2D eigenvalue weighted by Gasteiger charge is 2.10. The Hall–Kier alpha value is -1.80. The topological polar surface area (TPSA) is 0 Å². The summed E-state index contributed by atoms with van der Waals surface area (Å²) in [5.74, 6) is -0.0384. The second-order valence-electron chi connectivity index (χ2n) is 5.84. The number of rotatable bonds is 5. The number of hydrogen-bond acceptors (Lipinski definition) is 0. The van der Waals surface area contributed by atoms with E-state index in [0.29, 0.717) is 10.1 Å². The van der Waals surface area contributed by atoms with Crippen LogP contribution in [0.25, 0.3) is 10.1 Å². The van der Waals surface area contributed by atoms with Gasteiger partial charge in [0.1, 0.15) is 0 Å². The normalized spacial score (nSPS) is 12.5. The van der Waals surface area contributed by atoms with Crippen molar-refractivity contribution in [3.8, 4) is 0 Å². The molecule has 0 spiro atoms. The van der Waals surface area contributed by atoms with Gasteiger partial charge in [0, 0.05) is 20.5 Å². The van der Waals surface area contributed by atoms with Crippen molar-refractivity contribution in [2.75, 3.05) is 0 Å². The Morgan fingerprint density at radius 1 is 0.654 bits per heavy atom. The summed E-state index contributed by atoms with van der Waals surface area (Å²) in [5.41, 5.74) is 3.09. The molecule has 3 rings (SSSR count). The Morgan fingerprint density at radius 2 is 1.08 bits per heavy atom. The van der Waals surface area contributed by atoms with E-state index in [0.717, 1.165) is 21.2 Å². The summed E-state index contributed by atoms with van der Waals surface area (Å²) in [5, 5.41) is 1.40. The molecule has 0 amide bonds. The monoisotopic (exact) mass is 442 g/mol. The Kier molecular flexibility index (Phi) is 6.73. The summed E-state index contributed by atoms with van der Waals surface area (Å²) >= 11 is 16.7. The van der Waals surface area contributed by atoms with Gasteiger partial charge in [0.05, 0.1) is 0 Å². The first-order valence-corrected chi connectivity index (χ1v) is 9.79. The maximum Gasteiger partial charge on any atom is 0.0447 e. The van der Waals surface area contributed by atoms with Crippen molar-refractivity contribution in [2.45, 2.75) is 5.92 Å². The summed E-state index contributed by atoms with van der Waals surface area (Å²) in [6, 6.07) is 28.1. The third-order valence-electron chi connectivity index (χ3n) is 4.01. The van der Waals surface area contributed by atoms with Gasteiger partial charge in [-0.3, -0.25) is 0 Å². The average molecular weight is 444 g/mol. The molecule has 0 aliphatic carbocycles. The smallest absolute Gasteiger partial charge is 0.0447 e. The van der Waals surface area contributed by atoms with Gasteiger partial charge < -0.3 is 0 Å². The second-order valence-corrected chi connectivity index (χ2v) is 7.57. The fourth-order valence-electron chi connectivity index (χ4n) is 2.63. The fourth-order valence-corrected chi connectivity index (χ4v) is 3.42. The minimum absolute atomic E-state index is 0.0384. The maximum atomic E-state index is 6.59. The molecule has 0 N–H and O–H groups in total. The van der Waals surface area contributed by atoms with Crippen LogP contribution in [0.4, 0.5) is 0 Å². The predicted octanol–water partition coefficient (Wildman–Crippen LogP) is 8.09. The van der Waals surface area contributed by atoms with Gasteiger partial charge in [-0.05, 0) is 28.8 Å². The highest BCUT2D eigenvalue weighted by atomic mass is 79.9. The molecule has 0 aliphatic rings. The van der Waals surface area contributed by atoms with E-state index in [-0.39, 0.29) is 5.92 Å². The number of hydrogen-bond donors (Lipinski definition) is 0. The summed E-state index contributed by atoms with van der Waals surface area (Å²) in [6.07, 6.45) is 4.07. The molecule has 0 fully saturated rings. The largest absolute Gasteiger partial charge is 0.0840 e. The molecule has 0 aromatic heterocycles. The predicted molar refractivity (Wildman–Crippen MR) is 117 cm³/mol. The van der Waals surface area contributed by atoms with Gasteiger partial charge in [-0.25, -0.2) is 0 Å². The molecule has 26 heavy (non-hydrogen) atoms. The van der Waals surface area contributed by atoms with Crippen molar-refractivity contribution >= 4 is 49.2 Å². The molecule has 0 aliphatic heterocycles. The molecular weight excluding hydrogens is 427 g/mol. The highest BCUT2D eigenvalue weighted by Crippen LogP contribution is 2.31. The van der Waals surface area contributed by atoms with E-state index in [4.69, 9.17) is 23.2 Å². The van der Waals surface area contributed by atoms with E-state index in [1.807, 2.05) is 84.9 Å². The van der Waals surface area contributed by atoms with Gasteiger partial charge in [-0.15, -0.1) is 0 Å². The molecule has 0 saturated carbocycles. The quantitative estimate of drug-likeness (QED) is 0.373. The lowest BCUT2D eigenvalue weighted by molar-refractivity contribution is 1.09. The summed E-state index contributed by atoms with van der Waals surface area (Å²) in [7, 11) is 0. The van der Waals surface area contributed by atoms with Crippen LogP contribution >= 0.6 is 39.1 Å². The van der Waals surface area contributed by atoms with Crippen LogP contribution in [0.15, 0.2) is 102 Å². The van der Waals surface area contributed by atoms with E-state index in [2.05, 4.69) is 28.1 Å². The van der Waals surface area contributed by atoms with Crippen molar-refractivity contribution in [3.05, 3.63) is 118 Å². The van der Waals surface area contributed by atoms with E-state index in [9.17, 15) is 0 Å². The van der Waals surface area contributed by atoms with Crippen LogP contribution in [-0.4, -0.2) is 0 Å². The molecule has 130 valence electrons. The van der Waals surface area contributed by atoms with Crippen molar-refractivity contribution in [2.24, 2.45) is 0 Å². The van der Waals surface area contributed by atoms with Crippen LogP contribution in [0, 0.1) is 0 Å². The van der Waals surface area contributed by atoms with Gasteiger partial charge in [0.2, 0.25) is 0 Å². The van der Waals surface area contributed by atoms with Gasteiger partial charge in [-0.1, -0.05) is 124 Å². The third-order valence-corrected chi connectivity index (χ3v) is 5.22. The first kappa shape index (κ1) is 19.0. The van der Waals surface area contributed by atoms with E-state index in [1.54, 1.807) is 0 Å². The van der Waals surface area contributed by atoms with Crippen LogP contribution in [0.3, 0.4) is 0 Å². The number of allylic oxidation sites excluding steroid dienone is 2. The molecule has 3 aromatic rings. The summed E-state index contributed by atoms with van der Waals surface area (Å²) < 4.78 is 1.04. The SMILES string of the molecule is Cl/C(=C\C(/C=C(\Cl)c1ccccc1)c1ccc(Br)cc1)c1ccccc1. The minimum atomic E-state index is -0.0384. The zero-order valence-corrected chi connectivity index (χ0v) is 17.0. The first-order valence-electron chi connectivity index (χ1n) is 8.24. The van der Waals surface area contributed by atoms with E-state index < -0.39 is 0 Å². The lowest BCUT2D eigenvalue weighted by Gasteiger charge is -2.12. The molecule has 0 saturated heterocycles. The first-order chi connectivity index (χ1) is 12.6. The Bertz CT molecular complexity index is 842. The second kappa shape index (κ2) is 9.23. The number of benzene rings is 3. The third kappa shape index (κ3) is 5.11. The molecule has 0 bridgehead atoms. The Balaban J connectivity index is 2.01. The zero-order valence-electron chi connectivity index (χ0n) is 13.9. The standard InChI is InChI=1S/C23H17BrCl2/c24-21-13-11-17(12-14-21)20(15-22(25)18-7-3-1-4-8-18)16-23(26)19-9-5-2-6-10-19/h1-16,20H/b22-15-,23-16-. The van der Waals surface area contributed by atoms with Crippen molar-refractivity contribution in [1.82, 2.24) is 0 Å². The fraction of sp³-hybridized carbons (Fsp3) is 0.0435. The Morgan fingerprint density at radius 3 is 1.50 bits per heavy atom. The molecule has 0 heterocycles. The zero-order chi connectivity index (χ0) is 18.4. The Labute approximate surface area is 172 Å².